The van der Waals surface area contributed by atoms with Crippen LogP contribution in [0.25, 0.3) is 6.08 Å². The predicted molar refractivity (Wildman–Crippen MR) is 101 cm³/mol. The molecule has 1 N–H and O–H groups in total. The number of nitrogens with zero attached hydrogens (tertiary/aromatic N) is 1. The van der Waals surface area contributed by atoms with Gasteiger partial charge in [0.25, 0.3) is 11.1 Å². The van der Waals surface area contributed by atoms with E-state index in [9.17, 15) is 14.4 Å². The Morgan fingerprint density at radius 2 is 1.77 bits per heavy atom. The van der Waals surface area contributed by atoms with Gasteiger partial charge in [-0.25, -0.2) is 4.79 Å². The minimum Gasteiger partial charge on any atom is -0.478 e. The van der Waals surface area contributed by atoms with Crippen LogP contribution in [0.1, 0.15) is 21.5 Å². The fourth-order valence-corrected chi connectivity index (χ4v) is 3.75. The number of thioether (sulfide) groups is 1. The number of carboxylic acid groups (broad SMARTS) is 1. The summed E-state index contributed by atoms with van der Waals surface area (Å²) < 4.78 is 0. The van der Waals surface area contributed by atoms with Crippen molar-refractivity contribution in [1.82, 2.24) is 4.90 Å². The van der Waals surface area contributed by atoms with E-state index in [4.69, 9.17) is 28.3 Å². The standard InChI is InChI=1S/C18H11Cl2NO4S/c19-13-5-2-6-14(20)12(13)9-21-16(22)15(26-18(21)25)8-10-3-1-4-11(7-10)17(23)24/h1-8H,9H2,(H,23,24)/b15-8-. The molecule has 0 radical (unpaired) electrons. The molecule has 0 unspecified atom stereocenters. The Morgan fingerprint density at radius 1 is 1.12 bits per heavy atom. The van der Waals surface area contributed by atoms with Crippen molar-refractivity contribution in [2.45, 2.75) is 6.54 Å². The molecule has 0 saturated carbocycles. The zero-order valence-electron chi connectivity index (χ0n) is 13.1. The number of carboxylic acids is 1. The highest BCUT2D eigenvalue weighted by Gasteiger charge is 2.35. The second kappa shape index (κ2) is 7.53. The molecule has 0 atom stereocenters. The van der Waals surface area contributed by atoms with Gasteiger partial charge in [-0.1, -0.05) is 41.4 Å². The van der Waals surface area contributed by atoms with Crippen molar-refractivity contribution in [3.05, 3.63) is 74.1 Å². The smallest absolute Gasteiger partial charge is 0.335 e. The zero-order valence-corrected chi connectivity index (χ0v) is 15.4. The monoisotopic (exact) mass is 407 g/mol. The molecule has 2 aromatic rings. The van der Waals surface area contributed by atoms with Crippen molar-refractivity contribution in [1.29, 1.82) is 0 Å². The van der Waals surface area contributed by atoms with E-state index >= 15 is 0 Å². The first-order valence-corrected chi connectivity index (χ1v) is 8.95. The summed E-state index contributed by atoms with van der Waals surface area (Å²) in [6.07, 6.45) is 1.49. The molecule has 5 nitrogen and oxygen atoms in total. The lowest BCUT2D eigenvalue weighted by Gasteiger charge is -2.14. The lowest BCUT2D eigenvalue weighted by molar-refractivity contribution is -0.123. The third-order valence-corrected chi connectivity index (χ3v) is 5.30. The number of halogens is 2. The molecular weight excluding hydrogens is 397 g/mol. The maximum Gasteiger partial charge on any atom is 0.335 e. The van der Waals surface area contributed by atoms with Gasteiger partial charge in [-0.2, -0.15) is 0 Å². The normalized spacial score (nSPS) is 15.8. The summed E-state index contributed by atoms with van der Waals surface area (Å²) in [5, 5.41) is 9.34. The highest BCUT2D eigenvalue weighted by Crippen LogP contribution is 2.35. The van der Waals surface area contributed by atoms with Crippen LogP contribution in [0.2, 0.25) is 10.0 Å². The first kappa shape index (κ1) is 18.5. The third kappa shape index (κ3) is 3.77. The second-order valence-electron chi connectivity index (χ2n) is 5.40. The van der Waals surface area contributed by atoms with Gasteiger partial charge in [0.15, 0.2) is 0 Å². The van der Waals surface area contributed by atoms with Crippen LogP contribution in [0.4, 0.5) is 4.79 Å². The van der Waals surface area contributed by atoms with Gasteiger partial charge in [-0.05, 0) is 47.7 Å². The minimum atomic E-state index is -1.07. The van der Waals surface area contributed by atoms with Crippen molar-refractivity contribution < 1.29 is 19.5 Å². The molecule has 1 aliphatic heterocycles. The molecule has 1 saturated heterocycles. The summed E-state index contributed by atoms with van der Waals surface area (Å²) in [5.74, 6) is -1.54. The van der Waals surface area contributed by atoms with Gasteiger partial charge >= 0.3 is 5.97 Å². The Morgan fingerprint density at radius 3 is 2.42 bits per heavy atom. The van der Waals surface area contributed by atoms with Gasteiger partial charge in [0.1, 0.15) is 0 Å². The number of benzene rings is 2. The largest absolute Gasteiger partial charge is 0.478 e. The van der Waals surface area contributed by atoms with Crippen LogP contribution in [0.15, 0.2) is 47.4 Å². The first-order valence-electron chi connectivity index (χ1n) is 7.38. The number of amides is 2. The second-order valence-corrected chi connectivity index (χ2v) is 7.21. The Bertz CT molecular complexity index is 938. The molecular formula is C18H11Cl2NO4S. The van der Waals surface area contributed by atoms with Gasteiger partial charge in [0, 0.05) is 15.6 Å². The number of imide groups is 1. The maximum absolute atomic E-state index is 12.6. The van der Waals surface area contributed by atoms with Gasteiger partial charge in [0.05, 0.1) is 17.0 Å². The van der Waals surface area contributed by atoms with Crippen LogP contribution >= 0.6 is 35.0 Å². The molecule has 26 heavy (non-hydrogen) atoms. The molecule has 8 heteroatoms. The van der Waals surface area contributed by atoms with Crippen molar-refractivity contribution in [2.75, 3.05) is 0 Å². The van der Waals surface area contributed by atoms with Crippen LogP contribution in [-0.4, -0.2) is 27.1 Å². The Labute approximate surface area is 163 Å². The predicted octanol–water partition coefficient (Wildman–Crippen LogP) is 4.93. The minimum absolute atomic E-state index is 0.0321. The molecule has 1 heterocycles. The number of rotatable bonds is 4. The third-order valence-electron chi connectivity index (χ3n) is 3.68. The number of carbonyl (C=O) groups is 3. The lowest BCUT2D eigenvalue weighted by atomic mass is 10.1. The van der Waals surface area contributed by atoms with E-state index in [1.807, 2.05) is 0 Å². The zero-order chi connectivity index (χ0) is 18.8. The van der Waals surface area contributed by atoms with E-state index in [2.05, 4.69) is 0 Å². The SMILES string of the molecule is O=C(O)c1cccc(/C=C2\SC(=O)N(Cc3c(Cl)cccc3Cl)C2=O)c1. The molecule has 0 aromatic heterocycles. The average Bonchev–Trinajstić information content (AvgIpc) is 2.85. The maximum atomic E-state index is 12.6. The Kier molecular flexibility index (Phi) is 5.36. The van der Waals surface area contributed by atoms with E-state index < -0.39 is 17.1 Å². The van der Waals surface area contributed by atoms with Gasteiger partial charge in [-0.15, -0.1) is 0 Å². The molecule has 2 amide bonds. The van der Waals surface area contributed by atoms with Gasteiger partial charge in [0.2, 0.25) is 0 Å². The molecule has 132 valence electrons. The topological polar surface area (TPSA) is 74.7 Å². The van der Waals surface area contributed by atoms with Crippen molar-refractivity contribution in [2.24, 2.45) is 0 Å². The first-order chi connectivity index (χ1) is 12.4. The van der Waals surface area contributed by atoms with E-state index in [-0.39, 0.29) is 17.0 Å². The summed E-state index contributed by atoms with van der Waals surface area (Å²) in [6, 6.07) is 11.1. The number of hydrogen-bond acceptors (Lipinski definition) is 4. The van der Waals surface area contributed by atoms with E-state index in [0.717, 1.165) is 16.7 Å². The Balaban J connectivity index is 1.87. The summed E-state index contributed by atoms with van der Waals surface area (Å²) in [6.45, 7) is -0.0321. The summed E-state index contributed by atoms with van der Waals surface area (Å²) >= 11 is 13.0. The molecule has 2 aromatic carbocycles. The average molecular weight is 408 g/mol. The van der Waals surface area contributed by atoms with Crippen LogP contribution in [0.5, 0.6) is 0 Å². The van der Waals surface area contributed by atoms with Crippen LogP contribution in [0.3, 0.4) is 0 Å². The van der Waals surface area contributed by atoms with E-state index in [0.29, 0.717) is 21.2 Å². The summed E-state index contributed by atoms with van der Waals surface area (Å²) in [4.78, 5) is 37.1. The van der Waals surface area contributed by atoms with E-state index in [1.54, 1.807) is 30.3 Å². The molecule has 1 fully saturated rings. The van der Waals surface area contributed by atoms with Crippen molar-refractivity contribution in [3.8, 4) is 0 Å². The van der Waals surface area contributed by atoms with E-state index in [1.165, 1.54) is 18.2 Å². The van der Waals surface area contributed by atoms with Gasteiger partial charge in [-0.3, -0.25) is 14.5 Å². The quantitative estimate of drug-likeness (QED) is 0.727. The van der Waals surface area contributed by atoms with Crippen LogP contribution in [0, 0.1) is 0 Å². The lowest BCUT2D eigenvalue weighted by Crippen LogP contribution is -2.27. The molecule has 3 rings (SSSR count). The highest BCUT2D eigenvalue weighted by atomic mass is 35.5. The molecule has 0 aliphatic carbocycles. The summed E-state index contributed by atoms with van der Waals surface area (Å²) in [5.41, 5.74) is 1.11. The number of carbonyl (C=O) groups excluding carboxylic acids is 2. The van der Waals surface area contributed by atoms with Crippen LogP contribution in [-0.2, 0) is 11.3 Å². The van der Waals surface area contributed by atoms with Crippen LogP contribution < -0.4 is 0 Å². The van der Waals surface area contributed by atoms with Gasteiger partial charge < -0.3 is 5.11 Å². The number of hydrogen-bond donors (Lipinski definition) is 1. The fraction of sp³-hybridized carbons (Fsp3) is 0.0556. The Hall–Kier alpha value is -2.28. The molecule has 1 aliphatic rings. The molecule has 0 spiro atoms. The van der Waals surface area contributed by atoms with Crippen molar-refractivity contribution in [3.63, 3.8) is 0 Å². The molecule has 0 bridgehead atoms. The highest BCUT2D eigenvalue weighted by molar-refractivity contribution is 8.18. The summed E-state index contributed by atoms with van der Waals surface area (Å²) in [7, 11) is 0. The van der Waals surface area contributed by atoms with Crippen molar-refractivity contribution >= 4 is 58.2 Å². The number of aromatic carboxylic acids is 1. The fourth-order valence-electron chi connectivity index (χ4n) is 2.39.